The van der Waals surface area contributed by atoms with Crippen molar-refractivity contribution in [2.24, 2.45) is 5.92 Å². The summed E-state index contributed by atoms with van der Waals surface area (Å²) in [6.07, 6.45) is 1.04. The van der Waals surface area contributed by atoms with Crippen molar-refractivity contribution in [1.29, 1.82) is 0 Å². The van der Waals surface area contributed by atoms with Crippen LogP contribution in [0.2, 0.25) is 0 Å². The lowest BCUT2D eigenvalue weighted by Crippen LogP contribution is -2.27. The summed E-state index contributed by atoms with van der Waals surface area (Å²) in [6.45, 7) is -0.0845. The lowest BCUT2D eigenvalue weighted by atomic mass is 10.1. The number of carbonyl (C=O) groups is 2. The van der Waals surface area contributed by atoms with E-state index >= 15 is 0 Å². The van der Waals surface area contributed by atoms with Gasteiger partial charge in [0.1, 0.15) is 0 Å². The highest BCUT2D eigenvalue weighted by atomic mass is 16.6. The molecule has 2 heterocycles. The predicted octanol–water partition coefficient (Wildman–Crippen LogP) is 0.0332. The number of hydrogen-bond donors (Lipinski definition) is 2. The lowest BCUT2D eigenvalue weighted by Gasteiger charge is -2.15. The number of carboxylic acids is 1. The molecule has 0 aliphatic carbocycles. The van der Waals surface area contributed by atoms with Crippen molar-refractivity contribution in [2.45, 2.75) is 6.42 Å². The van der Waals surface area contributed by atoms with Gasteiger partial charge in [0.25, 0.3) is 0 Å². The average Bonchev–Trinajstić information content (AvgIpc) is 2.79. The van der Waals surface area contributed by atoms with E-state index in [1.54, 1.807) is 0 Å². The van der Waals surface area contributed by atoms with Gasteiger partial charge in [-0.3, -0.25) is 19.8 Å². The van der Waals surface area contributed by atoms with Crippen molar-refractivity contribution in [3.8, 4) is 0 Å². The Morgan fingerprint density at radius 1 is 1.60 bits per heavy atom. The van der Waals surface area contributed by atoms with Crippen molar-refractivity contribution in [1.82, 2.24) is 4.98 Å². The van der Waals surface area contributed by atoms with Gasteiger partial charge in [-0.05, 0) is 0 Å². The number of aliphatic hydroxyl groups is 1. The molecule has 0 radical (unpaired) electrons. The molecule has 9 nitrogen and oxygen atoms in total. The fraction of sp³-hybridized carbons (Fsp3) is 0.364. The van der Waals surface area contributed by atoms with Gasteiger partial charge in [0.05, 0.1) is 10.5 Å². The molecule has 0 saturated carbocycles. The number of aromatic carboxylic acids is 1. The molecule has 1 aliphatic rings. The van der Waals surface area contributed by atoms with Crippen LogP contribution in [0.1, 0.15) is 16.8 Å². The van der Waals surface area contributed by atoms with Gasteiger partial charge in [0.2, 0.25) is 11.7 Å². The molecular formula is C11H11N3O6. The van der Waals surface area contributed by atoms with E-state index in [1.807, 2.05) is 0 Å². The lowest BCUT2D eigenvalue weighted by molar-refractivity contribution is -0.384. The Morgan fingerprint density at radius 2 is 2.30 bits per heavy atom. The molecule has 0 aromatic carbocycles. The molecule has 1 aromatic rings. The van der Waals surface area contributed by atoms with Gasteiger partial charge in [0, 0.05) is 37.8 Å². The van der Waals surface area contributed by atoms with Crippen LogP contribution in [-0.2, 0) is 4.79 Å². The highest BCUT2D eigenvalue weighted by Gasteiger charge is 2.35. The maximum absolute atomic E-state index is 11.8. The second-order valence-electron chi connectivity index (χ2n) is 4.39. The van der Waals surface area contributed by atoms with E-state index < -0.39 is 16.6 Å². The number of pyridine rings is 1. The summed E-state index contributed by atoms with van der Waals surface area (Å²) in [6, 6.07) is 0.865. The Bertz CT molecular complexity index is 588. The summed E-state index contributed by atoms with van der Waals surface area (Å²) < 4.78 is 0. The Balaban J connectivity index is 2.44. The zero-order chi connectivity index (χ0) is 14.9. The van der Waals surface area contributed by atoms with Crippen LogP contribution < -0.4 is 4.90 Å². The normalized spacial score (nSPS) is 18.4. The van der Waals surface area contributed by atoms with E-state index in [0.29, 0.717) is 0 Å². The molecule has 9 heteroatoms. The van der Waals surface area contributed by atoms with Crippen molar-refractivity contribution >= 4 is 23.4 Å². The molecule has 2 rings (SSSR count). The predicted molar refractivity (Wildman–Crippen MR) is 65.4 cm³/mol. The first-order valence-electron chi connectivity index (χ1n) is 5.73. The van der Waals surface area contributed by atoms with Crippen molar-refractivity contribution in [3.63, 3.8) is 0 Å². The number of amides is 1. The third-order valence-electron chi connectivity index (χ3n) is 3.01. The van der Waals surface area contributed by atoms with E-state index in [9.17, 15) is 19.7 Å². The molecule has 20 heavy (non-hydrogen) atoms. The SMILES string of the molecule is O=C(O)c1cnc(N2CC(CO)CC2=O)c([N+](=O)[O-])c1. The number of nitrogens with zero attached hydrogens (tertiary/aromatic N) is 3. The van der Waals surface area contributed by atoms with Crippen LogP contribution in [0.25, 0.3) is 0 Å². The van der Waals surface area contributed by atoms with Crippen molar-refractivity contribution in [3.05, 3.63) is 27.9 Å². The van der Waals surface area contributed by atoms with Crippen LogP contribution in [0.5, 0.6) is 0 Å². The van der Waals surface area contributed by atoms with Gasteiger partial charge >= 0.3 is 11.7 Å². The summed E-state index contributed by atoms with van der Waals surface area (Å²) in [5.41, 5.74) is -0.873. The second-order valence-corrected chi connectivity index (χ2v) is 4.39. The fourth-order valence-electron chi connectivity index (χ4n) is 2.01. The molecule has 1 fully saturated rings. The van der Waals surface area contributed by atoms with E-state index in [2.05, 4.69) is 4.98 Å². The van der Waals surface area contributed by atoms with Gasteiger partial charge in [0.15, 0.2) is 0 Å². The first-order chi connectivity index (χ1) is 9.43. The molecule has 1 saturated heterocycles. The third-order valence-corrected chi connectivity index (χ3v) is 3.01. The van der Waals surface area contributed by atoms with Crippen molar-refractivity contribution < 1.29 is 24.7 Å². The molecule has 1 unspecified atom stereocenters. The molecule has 0 spiro atoms. The minimum absolute atomic E-state index is 0.0794. The number of carbonyl (C=O) groups excluding carboxylic acids is 1. The number of nitro groups is 1. The first-order valence-corrected chi connectivity index (χ1v) is 5.73. The van der Waals surface area contributed by atoms with Crippen LogP contribution in [-0.4, -0.2) is 45.1 Å². The largest absolute Gasteiger partial charge is 0.478 e. The third kappa shape index (κ3) is 2.43. The maximum atomic E-state index is 11.8. The van der Waals surface area contributed by atoms with E-state index in [0.717, 1.165) is 17.2 Å². The van der Waals surface area contributed by atoms with Crippen molar-refractivity contribution in [2.75, 3.05) is 18.1 Å². The summed E-state index contributed by atoms with van der Waals surface area (Å²) in [5, 5.41) is 28.8. The topological polar surface area (TPSA) is 134 Å². The van der Waals surface area contributed by atoms with Crippen LogP contribution in [0.15, 0.2) is 12.3 Å². The first kappa shape index (κ1) is 13.9. The Hall–Kier alpha value is -2.55. The summed E-state index contributed by atoms with van der Waals surface area (Å²) in [5.74, 6) is -2.22. The molecule has 1 aliphatic heterocycles. The van der Waals surface area contributed by atoms with E-state index in [4.69, 9.17) is 10.2 Å². The quantitative estimate of drug-likeness (QED) is 0.587. The molecule has 0 bridgehead atoms. The Morgan fingerprint density at radius 3 is 2.80 bits per heavy atom. The minimum atomic E-state index is -1.34. The van der Waals surface area contributed by atoms with Crippen LogP contribution in [0.3, 0.4) is 0 Å². The maximum Gasteiger partial charge on any atom is 0.337 e. The number of anilines is 1. The van der Waals surface area contributed by atoms with Gasteiger partial charge in [-0.15, -0.1) is 0 Å². The number of rotatable bonds is 4. The molecule has 1 atom stereocenters. The number of aromatic nitrogens is 1. The minimum Gasteiger partial charge on any atom is -0.478 e. The molecule has 106 valence electrons. The zero-order valence-electron chi connectivity index (χ0n) is 10.2. The Labute approximate surface area is 112 Å². The van der Waals surface area contributed by atoms with Gasteiger partial charge in [-0.2, -0.15) is 0 Å². The van der Waals surface area contributed by atoms with Crippen LogP contribution in [0, 0.1) is 16.0 Å². The standard InChI is InChI=1S/C11H11N3O6/c15-5-6-1-9(16)13(4-6)10-8(14(19)20)2-7(3-12-10)11(17)18/h2-3,6,15H,1,4-5H2,(H,17,18). The van der Waals surface area contributed by atoms with Gasteiger partial charge in [-0.1, -0.05) is 0 Å². The Kier molecular flexibility index (Phi) is 3.61. The smallest absolute Gasteiger partial charge is 0.337 e. The van der Waals surface area contributed by atoms with Gasteiger partial charge in [-0.25, -0.2) is 9.78 Å². The summed E-state index contributed by atoms with van der Waals surface area (Å²) in [7, 11) is 0. The highest BCUT2D eigenvalue weighted by Crippen LogP contribution is 2.31. The van der Waals surface area contributed by atoms with Gasteiger partial charge < -0.3 is 10.2 Å². The monoisotopic (exact) mass is 281 g/mol. The zero-order valence-corrected chi connectivity index (χ0v) is 10.2. The van der Waals surface area contributed by atoms with Crippen LogP contribution in [0.4, 0.5) is 11.5 Å². The summed E-state index contributed by atoms with van der Waals surface area (Å²) in [4.78, 5) is 37.6. The number of aliphatic hydroxyl groups excluding tert-OH is 1. The molecular weight excluding hydrogens is 270 g/mol. The number of carboxylic acid groups (broad SMARTS) is 1. The second kappa shape index (κ2) is 5.21. The van der Waals surface area contributed by atoms with E-state index in [1.165, 1.54) is 0 Å². The highest BCUT2D eigenvalue weighted by molar-refractivity contribution is 5.97. The average molecular weight is 281 g/mol. The molecule has 1 aromatic heterocycles. The van der Waals surface area contributed by atoms with E-state index in [-0.39, 0.29) is 42.8 Å². The number of hydrogen-bond acceptors (Lipinski definition) is 6. The molecule has 1 amide bonds. The van der Waals surface area contributed by atoms with Crippen LogP contribution >= 0.6 is 0 Å². The summed E-state index contributed by atoms with van der Waals surface area (Å²) >= 11 is 0. The molecule has 2 N–H and O–H groups in total. The fourth-order valence-corrected chi connectivity index (χ4v) is 2.01.